The molecule has 0 aliphatic carbocycles. The molecule has 0 amide bonds. The summed E-state index contributed by atoms with van der Waals surface area (Å²) in [5, 5.41) is 34.6. The zero-order chi connectivity index (χ0) is 43.5. The Balaban J connectivity index is 1.98. The zero-order valence-electron chi connectivity index (χ0n) is 36.1. The van der Waals surface area contributed by atoms with Gasteiger partial charge in [0.2, 0.25) is 0 Å². The number of ether oxygens (including phenoxy) is 8. The molecule has 16 heteroatoms. The number of carbonyl (C=O) groups is 4. The topological polar surface area (TPSA) is 206 Å². The number of nitrogens with zero attached hydrogens (tertiary/aromatic N) is 1. The van der Waals surface area contributed by atoms with Gasteiger partial charge in [-0.2, -0.15) is 0 Å². The van der Waals surface area contributed by atoms with Crippen LogP contribution in [-0.2, 0) is 57.1 Å². The fourth-order valence-electron chi connectivity index (χ4n) is 8.08. The smallest absolute Gasteiger partial charge is 0.309 e. The van der Waals surface area contributed by atoms with Crippen molar-refractivity contribution in [1.82, 2.24) is 4.90 Å². The molecule has 2 fully saturated rings. The van der Waals surface area contributed by atoms with E-state index in [0.29, 0.717) is 12.7 Å². The third-order valence-corrected chi connectivity index (χ3v) is 10.9. The highest BCUT2D eigenvalue weighted by molar-refractivity contribution is 5.72. The SMILES string of the molecule is CO[C@@H]1[C@@H](OC2OC(C)C(OC3CC(C)(O)C(OC(=O)CC(C)C)C(C)O3)C(N(C)C)C2O)[C@@H](CC=O)C[C@@H](C)[C@H](O)C=CC=CC[C@@H](C)OC(=O)C[C@H]1OC(C)=O. The van der Waals surface area contributed by atoms with Crippen LogP contribution in [0.15, 0.2) is 24.3 Å². The van der Waals surface area contributed by atoms with E-state index in [0.717, 1.165) is 0 Å². The minimum Gasteiger partial charge on any atom is -0.462 e. The molecule has 0 aromatic rings. The highest BCUT2D eigenvalue weighted by atomic mass is 16.7. The molecule has 58 heavy (non-hydrogen) atoms. The monoisotopic (exact) mass is 827 g/mol. The first-order valence-corrected chi connectivity index (χ1v) is 20.4. The summed E-state index contributed by atoms with van der Waals surface area (Å²) in [6, 6.07) is -0.782. The molecule has 2 saturated heterocycles. The number of rotatable bonds is 12. The predicted molar refractivity (Wildman–Crippen MR) is 210 cm³/mol. The molecular weight excluding hydrogens is 758 g/mol. The minimum absolute atomic E-state index is 0.0460. The van der Waals surface area contributed by atoms with E-state index in [1.54, 1.807) is 71.0 Å². The first-order valence-electron chi connectivity index (χ1n) is 20.4. The maximum atomic E-state index is 13.2. The molecule has 3 aliphatic rings. The summed E-state index contributed by atoms with van der Waals surface area (Å²) >= 11 is 0. The quantitative estimate of drug-likeness (QED) is 0.147. The van der Waals surface area contributed by atoms with Crippen molar-refractivity contribution in [3.05, 3.63) is 24.3 Å². The van der Waals surface area contributed by atoms with Crippen molar-refractivity contribution in [3.63, 3.8) is 0 Å². The van der Waals surface area contributed by atoms with E-state index in [9.17, 15) is 34.5 Å². The summed E-state index contributed by atoms with van der Waals surface area (Å²) in [5.74, 6) is -2.82. The Morgan fingerprint density at radius 2 is 1.71 bits per heavy atom. The van der Waals surface area contributed by atoms with Crippen LogP contribution in [0.2, 0.25) is 0 Å². The standard InChI is InChI=1S/C42H69NO15/c1-23(2)19-32(47)56-40-27(6)53-34(22-42(40,8)50)57-37-26(5)54-41(36(49)35(37)43(9)10)58-38-29(17-18-44)20-24(3)30(46)16-14-12-13-15-25(4)52-33(48)21-31(39(38)51-11)55-28(7)45/h12-14,16,18,23-27,29-31,34-41,46,49-50H,15,17,19-22H2,1-11H3/t24-,25-,26?,27?,29+,30-,31-,34?,35?,36?,37?,38+,39+,40?,41?,42?/m1/s1. The molecule has 0 spiro atoms. The number of aliphatic hydroxyl groups excluding tert-OH is 2. The van der Waals surface area contributed by atoms with Gasteiger partial charge in [-0.1, -0.05) is 45.1 Å². The van der Waals surface area contributed by atoms with Crippen LogP contribution in [-0.4, -0.2) is 151 Å². The molecule has 3 aliphatic heterocycles. The van der Waals surface area contributed by atoms with Crippen LogP contribution in [0.3, 0.4) is 0 Å². The summed E-state index contributed by atoms with van der Waals surface area (Å²) in [6.07, 6.45) is -4.11. The fraction of sp³-hybridized carbons (Fsp3) is 0.810. The number of cyclic esters (lactones) is 1. The predicted octanol–water partition coefficient (Wildman–Crippen LogP) is 3.01. The third-order valence-electron chi connectivity index (χ3n) is 10.9. The second-order valence-electron chi connectivity index (χ2n) is 17.0. The first kappa shape index (κ1) is 49.6. The number of allylic oxidation sites excluding steroid dienone is 2. The Labute approximate surface area is 343 Å². The molecule has 0 saturated carbocycles. The summed E-state index contributed by atoms with van der Waals surface area (Å²) in [6.45, 7) is 13.5. The van der Waals surface area contributed by atoms with Crippen LogP contribution in [0, 0.1) is 17.8 Å². The highest BCUT2D eigenvalue weighted by Crippen LogP contribution is 2.38. The van der Waals surface area contributed by atoms with E-state index in [-0.39, 0.29) is 31.6 Å². The lowest BCUT2D eigenvalue weighted by Gasteiger charge is -2.50. The summed E-state index contributed by atoms with van der Waals surface area (Å²) in [7, 11) is 4.86. The van der Waals surface area contributed by atoms with Crippen LogP contribution in [0.5, 0.6) is 0 Å². The van der Waals surface area contributed by atoms with Crippen LogP contribution >= 0.6 is 0 Å². The van der Waals surface area contributed by atoms with E-state index < -0.39 is 121 Å². The van der Waals surface area contributed by atoms with E-state index >= 15 is 0 Å². The molecule has 332 valence electrons. The van der Waals surface area contributed by atoms with E-state index in [4.69, 9.17) is 37.9 Å². The van der Waals surface area contributed by atoms with Gasteiger partial charge in [0.25, 0.3) is 0 Å². The van der Waals surface area contributed by atoms with Gasteiger partial charge < -0.3 is 62.9 Å². The molecule has 3 heterocycles. The van der Waals surface area contributed by atoms with Gasteiger partial charge in [0.05, 0.1) is 36.9 Å². The highest BCUT2D eigenvalue weighted by Gasteiger charge is 2.53. The van der Waals surface area contributed by atoms with Gasteiger partial charge >= 0.3 is 17.9 Å². The fourth-order valence-corrected chi connectivity index (χ4v) is 8.08. The number of methoxy groups -OCH3 is 1. The van der Waals surface area contributed by atoms with Gasteiger partial charge in [-0.05, 0) is 66.0 Å². The number of likely N-dealkylation sites (N-methyl/N-ethyl adjacent to an activating group) is 1. The lowest BCUT2D eigenvalue weighted by molar-refractivity contribution is -0.344. The van der Waals surface area contributed by atoms with Gasteiger partial charge in [0, 0.05) is 39.7 Å². The second-order valence-corrected chi connectivity index (χ2v) is 17.0. The van der Waals surface area contributed by atoms with Crippen molar-refractivity contribution in [3.8, 4) is 0 Å². The Morgan fingerprint density at radius 3 is 2.29 bits per heavy atom. The molecule has 0 bridgehead atoms. The molecule has 3 rings (SSSR count). The van der Waals surface area contributed by atoms with Crippen LogP contribution < -0.4 is 0 Å². The number of hydrogen-bond acceptors (Lipinski definition) is 16. The Morgan fingerprint density at radius 1 is 1.02 bits per heavy atom. The first-order chi connectivity index (χ1) is 27.2. The minimum atomic E-state index is -1.50. The van der Waals surface area contributed by atoms with Gasteiger partial charge in [-0.15, -0.1) is 0 Å². The van der Waals surface area contributed by atoms with Crippen molar-refractivity contribution < 1.29 is 72.4 Å². The lowest BCUT2D eigenvalue weighted by Crippen LogP contribution is -2.66. The normalized spacial score (nSPS) is 39.6. The van der Waals surface area contributed by atoms with E-state index in [1.807, 2.05) is 20.8 Å². The van der Waals surface area contributed by atoms with Gasteiger partial charge in [0.15, 0.2) is 18.7 Å². The number of hydrogen-bond donors (Lipinski definition) is 3. The second kappa shape index (κ2) is 22.7. The van der Waals surface area contributed by atoms with Crippen molar-refractivity contribution in [2.45, 2.75) is 179 Å². The average molecular weight is 828 g/mol. The molecule has 16 nitrogen and oxygen atoms in total. The molecular formula is C42H69NO15. The molecule has 3 N–H and O–H groups in total. The van der Waals surface area contributed by atoms with Gasteiger partial charge in [0.1, 0.15) is 42.4 Å². The Kier molecular flexibility index (Phi) is 19.4. The number of aldehydes is 1. The maximum absolute atomic E-state index is 13.2. The van der Waals surface area contributed by atoms with Crippen LogP contribution in [0.4, 0.5) is 0 Å². The van der Waals surface area contributed by atoms with E-state index in [2.05, 4.69) is 0 Å². The third kappa shape index (κ3) is 14.2. The number of carbonyl (C=O) groups excluding carboxylic acids is 4. The van der Waals surface area contributed by atoms with E-state index in [1.165, 1.54) is 14.0 Å². The van der Waals surface area contributed by atoms with Gasteiger partial charge in [-0.3, -0.25) is 14.4 Å². The molecule has 9 unspecified atom stereocenters. The molecule has 0 aromatic heterocycles. The summed E-state index contributed by atoms with van der Waals surface area (Å²) in [5.41, 5.74) is -1.50. The molecule has 16 atom stereocenters. The molecule has 0 aromatic carbocycles. The number of aliphatic hydroxyl groups is 3. The van der Waals surface area contributed by atoms with Gasteiger partial charge in [-0.25, -0.2) is 0 Å². The lowest BCUT2D eigenvalue weighted by atomic mass is 9.82. The number of esters is 3. The van der Waals surface area contributed by atoms with Crippen molar-refractivity contribution in [2.24, 2.45) is 17.8 Å². The Bertz CT molecular complexity index is 1390. The maximum Gasteiger partial charge on any atom is 0.309 e. The van der Waals surface area contributed by atoms with Crippen molar-refractivity contribution in [2.75, 3.05) is 21.2 Å². The largest absolute Gasteiger partial charge is 0.462 e. The Hall–Kier alpha value is -2.80. The van der Waals surface area contributed by atoms with Crippen LogP contribution in [0.25, 0.3) is 0 Å². The van der Waals surface area contributed by atoms with Crippen molar-refractivity contribution in [1.29, 1.82) is 0 Å². The summed E-state index contributed by atoms with van der Waals surface area (Å²) < 4.78 is 48.6. The summed E-state index contributed by atoms with van der Waals surface area (Å²) in [4.78, 5) is 52.3. The molecule has 0 radical (unpaired) electrons. The van der Waals surface area contributed by atoms with Crippen LogP contribution in [0.1, 0.15) is 93.9 Å². The van der Waals surface area contributed by atoms with Crippen molar-refractivity contribution >= 4 is 24.2 Å². The average Bonchev–Trinajstić information content (AvgIpc) is 3.09. The zero-order valence-corrected chi connectivity index (χ0v) is 36.1.